The van der Waals surface area contributed by atoms with E-state index in [9.17, 15) is 0 Å². The Hall–Kier alpha value is -1.29. The summed E-state index contributed by atoms with van der Waals surface area (Å²) in [7, 11) is 0. The monoisotopic (exact) mass is 196 g/mol. The Kier molecular flexibility index (Phi) is 3.52. The molecule has 1 rings (SSSR count). The molecule has 0 amide bonds. The van der Waals surface area contributed by atoms with E-state index in [0.29, 0.717) is 17.1 Å². The molecule has 1 aromatic rings. The van der Waals surface area contributed by atoms with Crippen LogP contribution in [0.5, 0.6) is 0 Å². The highest BCUT2D eigenvalue weighted by Crippen LogP contribution is 2.26. The van der Waals surface area contributed by atoms with Crippen molar-refractivity contribution in [3.05, 3.63) is 30.5 Å². The fourth-order valence-corrected chi connectivity index (χ4v) is 1.63. The Bertz CT molecular complexity index is 312. The first-order chi connectivity index (χ1) is 6.24. The highest BCUT2D eigenvalue weighted by Gasteiger charge is 1.98. The molecule has 0 aliphatic carbocycles. The van der Waals surface area contributed by atoms with Crippen LogP contribution in [0.2, 0.25) is 0 Å². The van der Waals surface area contributed by atoms with Crippen LogP contribution in [0.15, 0.2) is 35.4 Å². The van der Waals surface area contributed by atoms with Crippen molar-refractivity contribution in [2.45, 2.75) is 4.90 Å². The average molecular weight is 196 g/mol. The molecule has 0 atom stereocenters. The molecule has 1 aromatic carbocycles. The number of rotatable bonds is 3. The van der Waals surface area contributed by atoms with Gasteiger partial charge in [0.1, 0.15) is 0 Å². The normalized spacial score (nSPS) is 10.8. The fourth-order valence-electron chi connectivity index (χ4n) is 0.879. The molecule has 0 aliphatic heterocycles. The van der Waals surface area contributed by atoms with E-state index in [1.54, 1.807) is 30.0 Å². The number of anilines is 2. The van der Waals surface area contributed by atoms with Crippen molar-refractivity contribution in [3.8, 4) is 0 Å². The van der Waals surface area contributed by atoms with E-state index in [4.69, 9.17) is 16.6 Å². The van der Waals surface area contributed by atoms with Gasteiger partial charge in [-0.25, -0.2) is 0 Å². The van der Waals surface area contributed by atoms with Crippen molar-refractivity contribution >= 4 is 23.1 Å². The summed E-state index contributed by atoms with van der Waals surface area (Å²) in [4.78, 5) is 0.979. The lowest BCUT2D eigenvalue weighted by molar-refractivity contribution is 0.473. The van der Waals surface area contributed by atoms with Crippen LogP contribution in [0.1, 0.15) is 0 Å². The SMILES string of the molecule is Nc1ccc(SCC=CO)c(N)c1. The summed E-state index contributed by atoms with van der Waals surface area (Å²) >= 11 is 1.55. The zero-order valence-electron chi connectivity index (χ0n) is 7.10. The van der Waals surface area contributed by atoms with E-state index in [2.05, 4.69) is 0 Å². The van der Waals surface area contributed by atoms with Crippen LogP contribution < -0.4 is 11.5 Å². The summed E-state index contributed by atoms with van der Waals surface area (Å²) < 4.78 is 0. The fraction of sp³-hybridized carbons (Fsp3) is 0.111. The van der Waals surface area contributed by atoms with Crippen molar-refractivity contribution in [1.82, 2.24) is 0 Å². The molecule has 4 heteroatoms. The van der Waals surface area contributed by atoms with Crippen LogP contribution in [0.4, 0.5) is 11.4 Å². The molecule has 0 saturated heterocycles. The first-order valence-electron chi connectivity index (χ1n) is 3.81. The molecule has 0 unspecified atom stereocenters. The number of benzene rings is 1. The highest BCUT2D eigenvalue weighted by atomic mass is 32.2. The summed E-state index contributed by atoms with van der Waals surface area (Å²) in [5.41, 5.74) is 12.6. The molecule has 13 heavy (non-hydrogen) atoms. The van der Waals surface area contributed by atoms with Crippen molar-refractivity contribution in [1.29, 1.82) is 0 Å². The maximum Gasteiger partial charge on any atom is 0.0760 e. The third kappa shape index (κ3) is 2.91. The van der Waals surface area contributed by atoms with Gasteiger partial charge in [0.15, 0.2) is 0 Å². The Labute approximate surface area is 81.4 Å². The Balaban J connectivity index is 2.66. The van der Waals surface area contributed by atoms with Crippen LogP contribution in [-0.2, 0) is 0 Å². The Morgan fingerprint density at radius 1 is 1.38 bits per heavy atom. The minimum Gasteiger partial charge on any atom is -0.516 e. The molecule has 0 radical (unpaired) electrons. The van der Waals surface area contributed by atoms with Gasteiger partial charge in [0.25, 0.3) is 0 Å². The van der Waals surface area contributed by atoms with Gasteiger partial charge in [0.2, 0.25) is 0 Å². The smallest absolute Gasteiger partial charge is 0.0760 e. The summed E-state index contributed by atoms with van der Waals surface area (Å²) in [5.74, 6) is 0.699. The van der Waals surface area contributed by atoms with Gasteiger partial charge in [0.05, 0.1) is 6.26 Å². The number of aliphatic hydroxyl groups excluding tert-OH is 1. The lowest BCUT2D eigenvalue weighted by atomic mass is 10.3. The van der Waals surface area contributed by atoms with Crippen molar-refractivity contribution in [3.63, 3.8) is 0 Å². The highest BCUT2D eigenvalue weighted by molar-refractivity contribution is 7.99. The van der Waals surface area contributed by atoms with Crippen molar-refractivity contribution in [2.75, 3.05) is 17.2 Å². The number of nitrogens with two attached hydrogens (primary N) is 2. The van der Waals surface area contributed by atoms with E-state index >= 15 is 0 Å². The molecular formula is C9H12N2OS. The second-order valence-corrected chi connectivity index (χ2v) is 3.55. The molecule has 0 heterocycles. The van der Waals surface area contributed by atoms with Gasteiger partial charge in [-0.3, -0.25) is 0 Å². The lowest BCUT2D eigenvalue weighted by Gasteiger charge is -2.03. The zero-order chi connectivity index (χ0) is 9.68. The minimum absolute atomic E-state index is 0.666. The van der Waals surface area contributed by atoms with Crippen LogP contribution in [-0.4, -0.2) is 10.9 Å². The second-order valence-electron chi connectivity index (χ2n) is 2.49. The summed E-state index contributed by atoms with van der Waals surface area (Å²) in [5, 5.41) is 8.41. The van der Waals surface area contributed by atoms with Gasteiger partial charge < -0.3 is 16.6 Å². The zero-order valence-corrected chi connectivity index (χ0v) is 7.92. The van der Waals surface area contributed by atoms with Gasteiger partial charge in [-0.15, -0.1) is 11.8 Å². The Morgan fingerprint density at radius 3 is 2.77 bits per heavy atom. The minimum atomic E-state index is 0.666. The van der Waals surface area contributed by atoms with E-state index in [-0.39, 0.29) is 0 Å². The first kappa shape index (κ1) is 9.80. The van der Waals surface area contributed by atoms with Gasteiger partial charge in [0, 0.05) is 22.0 Å². The predicted octanol–water partition coefficient (Wildman–Crippen LogP) is 2.01. The summed E-state index contributed by atoms with van der Waals surface area (Å²) in [6.45, 7) is 0. The molecule has 3 nitrogen and oxygen atoms in total. The number of nitrogen functional groups attached to an aromatic ring is 2. The number of aliphatic hydroxyl groups is 1. The number of hydrogen-bond donors (Lipinski definition) is 3. The maximum atomic E-state index is 8.41. The molecule has 0 fully saturated rings. The molecular weight excluding hydrogens is 184 g/mol. The third-order valence-corrected chi connectivity index (χ3v) is 2.52. The van der Waals surface area contributed by atoms with Crippen molar-refractivity contribution < 1.29 is 5.11 Å². The van der Waals surface area contributed by atoms with Crippen LogP contribution >= 0.6 is 11.8 Å². The molecule has 0 aromatic heterocycles. The van der Waals surface area contributed by atoms with E-state index < -0.39 is 0 Å². The Morgan fingerprint density at radius 2 is 2.15 bits per heavy atom. The summed E-state index contributed by atoms with van der Waals surface area (Å²) in [6.07, 6.45) is 2.68. The molecule has 70 valence electrons. The van der Waals surface area contributed by atoms with E-state index in [1.807, 2.05) is 6.07 Å². The molecule has 0 aliphatic rings. The van der Waals surface area contributed by atoms with E-state index in [1.165, 1.54) is 0 Å². The molecule has 5 N–H and O–H groups in total. The van der Waals surface area contributed by atoms with E-state index in [0.717, 1.165) is 11.2 Å². The predicted molar refractivity (Wildman–Crippen MR) is 57.8 cm³/mol. The lowest BCUT2D eigenvalue weighted by Crippen LogP contribution is -1.92. The quantitative estimate of drug-likeness (QED) is 0.393. The number of hydrogen-bond acceptors (Lipinski definition) is 4. The standard InChI is InChI=1S/C9H12N2OS/c10-7-2-3-9(8(11)6-7)13-5-1-4-12/h1-4,6,12H,5,10-11H2. The molecule has 0 spiro atoms. The summed E-state index contributed by atoms with van der Waals surface area (Å²) in [6, 6.07) is 5.41. The average Bonchev–Trinajstić information content (AvgIpc) is 2.09. The van der Waals surface area contributed by atoms with Gasteiger partial charge >= 0.3 is 0 Å². The van der Waals surface area contributed by atoms with Crippen LogP contribution in [0.25, 0.3) is 0 Å². The van der Waals surface area contributed by atoms with Crippen LogP contribution in [0.3, 0.4) is 0 Å². The van der Waals surface area contributed by atoms with Crippen molar-refractivity contribution in [2.24, 2.45) is 0 Å². The third-order valence-electron chi connectivity index (χ3n) is 1.47. The maximum absolute atomic E-state index is 8.41. The van der Waals surface area contributed by atoms with Gasteiger partial charge in [-0.05, 0) is 24.3 Å². The topological polar surface area (TPSA) is 72.3 Å². The number of thioether (sulfide) groups is 1. The first-order valence-corrected chi connectivity index (χ1v) is 4.79. The second kappa shape index (κ2) is 4.67. The van der Waals surface area contributed by atoms with Gasteiger partial charge in [-0.2, -0.15) is 0 Å². The largest absolute Gasteiger partial charge is 0.516 e. The van der Waals surface area contributed by atoms with Gasteiger partial charge in [-0.1, -0.05) is 0 Å². The molecule has 0 bridgehead atoms. The molecule has 0 saturated carbocycles. The van der Waals surface area contributed by atoms with Crippen LogP contribution in [0, 0.1) is 0 Å².